The Hall–Kier alpha value is -2.88. The van der Waals surface area contributed by atoms with E-state index in [0.717, 1.165) is 69.3 Å². The van der Waals surface area contributed by atoms with Crippen LogP contribution in [0.5, 0.6) is 0 Å². The molecule has 2 aliphatic heterocycles. The monoisotopic (exact) mass is 920 g/mol. The molecule has 2 aliphatic rings. The third-order valence-electron chi connectivity index (χ3n) is 10.0. The number of rotatable bonds is 24. The highest BCUT2D eigenvalue weighted by Gasteiger charge is 2.50. The van der Waals surface area contributed by atoms with Crippen LogP contribution in [-0.2, 0) is 44.4 Å². The van der Waals surface area contributed by atoms with Crippen LogP contribution in [0.3, 0.4) is 0 Å². The first-order valence-electron chi connectivity index (χ1n) is 20.3. The van der Waals surface area contributed by atoms with Gasteiger partial charge in [-0.3, -0.25) is 4.18 Å². The highest BCUT2D eigenvalue weighted by molar-refractivity contribution is 9.10. The number of carbonyl (C=O) groups excluding carboxylic acids is 2. The van der Waals surface area contributed by atoms with Crippen LogP contribution in [0.15, 0.2) is 38.1 Å². The van der Waals surface area contributed by atoms with Gasteiger partial charge in [0.05, 0.1) is 17.4 Å². The van der Waals surface area contributed by atoms with Crippen molar-refractivity contribution in [1.82, 2.24) is 30.5 Å². The summed E-state index contributed by atoms with van der Waals surface area (Å²) < 4.78 is 82.6. The molecule has 3 amide bonds. The highest BCUT2D eigenvalue weighted by Crippen LogP contribution is 2.40. The number of benzene rings is 1. The summed E-state index contributed by atoms with van der Waals surface area (Å²) in [5.41, 5.74) is -1.30. The van der Waals surface area contributed by atoms with Crippen LogP contribution in [0.2, 0.25) is 0 Å². The minimum atomic E-state index is -4.72. The molecular formula is C38H61BrN6O11S2. The molecule has 58 heavy (non-hydrogen) atoms. The first-order valence-corrected chi connectivity index (χ1v) is 23.9. The van der Waals surface area contributed by atoms with Gasteiger partial charge >= 0.3 is 22.5 Å². The first-order chi connectivity index (χ1) is 27.4. The molecule has 2 aromatic rings. The van der Waals surface area contributed by atoms with Gasteiger partial charge in [0.1, 0.15) is 17.7 Å². The Bertz CT molecular complexity index is 1850. The van der Waals surface area contributed by atoms with Crippen LogP contribution in [0, 0.1) is 0 Å². The Morgan fingerprint density at radius 1 is 0.966 bits per heavy atom. The summed E-state index contributed by atoms with van der Waals surface area (Å²) >= 11 is 3.29. The molecule has 0 aliphatic carbocycles. The zero-order valence-electron chi connectivity index (χ0n) is 34.8. The van der Waals surface area contributed by atoms with Crippen LogP contribution in [0.1, 0.15) is 143 Å². The zero-order chi connectivity index (χ0) is 42.7. The molecule has 0 saturated carbocycles. The standard InChI is InChI=1S/C38H61BrN6O11S2/c1-8-12-22-38(21-11-4,23-13-9-2)44(24-14-10-3)55-58(50,51)56-45-29-17-20-32(43(27-29)36(45)47)34-42-41-33(52-34)25-30(26-40-35(46)53-37(5,6)7)54-57(48,49)31-18-15-28(39)16-19-31/h15-16,18-19,29-30,32H,8-14,17,20-27H2,1-7H3,(H,40,46)/t29-,30?,32-/m0/s1. The van der Waals surface area contributed by atoms with Gasteiger partial charge in [-0.1, -0.05) is 82.1 Å². The lowest BCUT2D eigenvalue weighted by Gasteiger charge is -2.43. The number of fused-ring (bicyclic) bond motifs is 2. The van der Waals surface area contributed by atoms with Gasteiger partial charge in [0.25, 0.3) is 10.1 Å². The number of urea groups is 1. The van der Waals surface area contributed by atoms with E-state index in [1.54, 1.807) is 38.0 Å². The van der Waals surface area contributed by atoms with Crippen LogP contribution in [-0.4, -0.2) is 97.1 Å². The highest BCUT2D eigenvalue weighted by atomic mass is 79.9. The predicted molar refractivity (Wildman–Crippen MR) is 218 cm³/mol. The number of ether oxygens (including phenoxy) is 1. The summed E-state index contributed by atoms with van der Waals surface area (Å²) in [5.74, 6) is 0.0584. The largest absolute Gasteiger partial charge is 0.444 e. The lowest BCUT2D eigenvalue weighted by atomic mass is 9.82. The molecule has 20 heteroatoms. The van der Waals surface area contributed by atoms with E-state index in [0.29, 0.717) is 23.9 Å². The average molecular weight is 922 g/mol. The SMILES string of the molecule is CCCCN(OS(=O)(=O)ON1C(=O)N2C[C@@H]1CC[C@H]2c1nnc(CC(CNC(=O)OC(C)(C)C)OS(=O)(=O)c2ccc(Br)cc2)o1)C(CCC)(CCCC)CCCC. The molecule has 4 rings (SSSR count). The van der Waals surface area contributed by atoms with Crippen LogP contribution in [0.4, 0.5) is 9.59 Å². The van der Waals surface area contributed by atoms with E-state index in [4.69, 9.17) is 21.9 Å². The van der Waals surface area contributed by atoms with Gasteiger partial charge in [0.15, 0.2) is 0 Å². The number of hydrogen-bond donors (Lipinski definition) is 1. The molecule has 0 spiro atoms. The number of alkyl carbamates (subject to hydrolysis) is 1. The molecule has 2 bridgehead atoms. The van der Waals surface area contributed by atoms with Crippen LogP contribution in [0.25, 0.3) is 0 Å². The van der Waals surface area contributed by atoms with E-state index in [-0.39, 0.29) is 36.2 Å². The lowest BCUT2D eigenvalue weighted by Crippen LogP contribution is -2.51. The van der Waals surface area contributed by atoms with Gasteiger partial charge in [0, 0.05) is 29.6 Å². The van der Waals surface area contributed by atoms with E-state index in [9.17, 15) is 26.4 Å². The molecule has 1 unspecified atom stereocenters. The molecule has 2 fully saturated rings. The van der Waals surface area contributed by atoms with Crippen molar-refractivity contribution in [3.63, 3.8) is 0 Å². The van der Waals surface area contributed by atoms with Gasteiger partial charge in [-0.25, -0.2) is 9.59 Å². The summed E-state index contributed by atoms with van der Waals surface area (Å²) in [5, 5.41) is 13.3. The number of unbranched alkanes of at least 4 members (excludes halogenated alkanes) is 3. The Morgan fingerprint density at radius 2 is 1.62 bits per heavy atom. The van der Waals surface area contributed by atoms with Gasteiger partial charge in [0.2, 0.25) is 11.8 Å². The second-order valence-electron chi connectivity index (χ2n) is 15.9. The summed E-state index contributed by atoms with van der Waals surface area (Å²) in [6, 6.07) is 3.88. The van der Waals surface area contributed by atoms with Crippen molar-refractivity contribution in [2.75, 3.05) is 19.6 Å². The number of hydrogen-bond acceptors (Lipinski definition) is 14. The van der Waals surface area contributed by atoms with Gasteiger partial charge in [-0.2, -0.15) is 31.2 Å². The Morgan fingerprint density at radius 3 is 2.22 bits per heavy atom. The fourth-order valence-electron chi connectivity index (χ4n) is 7.26. The summed E-state index contributed by atoms with van der Waals surface area (Å²) in [7, 11) is -9.02. The summed E-state index contributed by atoms with van der Waals surface area (Å²) in [4.78, 5) is 27.6. The quantitative estimate of drug-likeness (QED) is 0.0792. The fraction of sp³-hybridized carbons (Fsp3) is 0.737. The molecule has 2 saturated heterocycles. The Kier molecular flexibility index (Phi) is 17.4. The lowest BCUT2D eigenvalue weighted by molar-refractivity contribution is -0.172. The van der Waals surface area contributed by atoms with Gasteiger partial charge in [-0.15, -0.1) is 14.5 Å². The fourth-order valence-corrected chi connectivity index (χ4v) is 9.46. The van der Waals surface area contributed by atoms with E-state index in [1.165, 1.54) is 17.0 Å². The maximum atomic E-state index is 13.8. The van der Waals surface area contributed by atoms with Crippen LogP contribution >= 0.6 is 15.9 Å². The minimum absolute atomic E-state index is 0.0104. The number of aromatic nitrogens is 2. The minimum Gasteiger partial charge on any atom is -0.444 e. The van der Waals surface area contributed by atoms with Gasteiger partial charge in [-0.05, 0) is 83.6 Å². The van der Waals surface area contributed by atoms with E-state index < -0.39 is 62.0 Å². The Balaban J connectivity index is 1.49. The van der Waals surface area contributed by atoms with Crippen molar-refractivity contribution in [3.8, 4) is 0 Å². The van der Waals surface area contributed by atoms with E-state index in [2.05, 4.69) is 52.2 Å². The van der Waals surface area contributed by atoms with Crippen molar-refractivity contribution in [3.05, 3.63) is 40.5 Å². The molecule has 1 aromatic carbocycles. The predicted octanol–water partition coefficient (Wildman–Crippen LogP) is 7.74. The maximum absolute atomic E-state index is 13.8. The van der Waals surface area contributed by atoms with Crippen molar-refractivity contribution >= 4 is 48.6 Å². The van der Waals surface area contributed by atoms with Crippen molar-refractivity contribution in [2.45, 2.75) is 166 Å². The molecule has 3 atom stereocenters. The Labute approximate surface area is 352 Å². The number of carbonyl (C=O) groups is 2. The van der Waals surface area contributed by atoms with Crippen LogP contribution < -0.4 is 5.32 Å². The molecule has 17 nitrogen and oxygen atoms in total. The zero-order valence-corrected chi connectivity index (χ0v) is 38.0. The molecular weight excluding hydrogens is 860 g/mol. The number of amides is 3. The average Bonchev–Trinajstić information content (AvgIpc) is 3.71. The molecule has 0 radical (unpaired) electrons. The van der Waals surface area contributed by atoms with Gasteiger partial charge < -0.3 is 19.4 Å². The summed E-state index contributed by atoms with van der Waals surface area (Å²) in [6.45, 7) is 13.7. The second kappa shape index (κ2) is 21.1. The van der Waals surface area contributed by atoms with E-state index >= 15 is 0 Å². The number of piperidine rings is 1. The normalized spacial score (nSPS) is 18.3. The van der Waals surface area contributed by atoms with Crippen molar-refractivity contribution in [1.29, 1.82) is 0 Å². The molecule has 1 aromatic heterocycles. The maximum Gasteiger partial charge on any atom is 0.437 e. The second-order valence-corrected chi connectivity index (χ2v) is 19.6. The molecule has 3 heterocycles. The first kappa shape index (κ1) is 47.8. The van der Waals surface area contributed by atoms with E-state index in [1.807, 2.05) is 6.92 Å². The smallest absolute Gasteiger partial charge is 0.437 e. The van der Waals surface area contributed by atoms with Crippen molar-refractivity contribution in [2.24, 2.45) is 0 Å². The molecule has 328 valence electrons. The molecule has 1 N–H and O–H groups in total. The third-order valence-corrected chi connectivity index (χ3v) is 12.6. The third kappa shape index (κ3) is 13.3. The topological polar surface area (TPSA) is 200 Å². The number of nitrogens with zero attached hydrogens (tertiary/aromatic N) is 5. The van der Waals surface area contributed by atoms with Crippen molar-refractivity contribution < 1.29 is 48.3 Å². The number of halogens is 1. The number of hydroxylamine groups is 4. The number of nitrogens with one attached hydrogen (secondary N) is 1. The summed E-state index contributed by atoms with van der Waals surface area (Å²) in [6.07, 6.45) is 6.99.